The molecule has 0 spiro atoms. The van der Waals surface area contributed by atoms with E-state index in [-0.39, 0.29) is 46.1 Å². The molecule has 0 bridgehead atoms. The van der Waals surface area contributed by atoms with E-state index in [4.69, 9.17) is 11.1 Å². The zero-order chi connectivity index (χ0) is 2.00. The van der Waals surface area contributed by atoms with Gasteiger partial charge in [-0.05, 0) is 0 Å². The summed E-state index contributed by atoms with van der Waals surface area (Å²) in [4.78, 5) is 0. The van der Waals surface area contributed by atoms with Gasteiger partial charge in [0, 0.05) is 0 Å². The summed E-state index contributed by atoms with van der Waals surface area (Å²) >= 11 is 4.78. The van der Waals surface area contributed by atoms with Crippen molar-refractivity contribution in [3.8, 4) is 0 Å². The second kappa shape index (κ2) is 22.0. The maximum Gasteiger partial charge on any atom is 2.00 e. The van der Waals surface area contributed by atoms with Crippen molar-refractivity contribution < 1.29 is 8.33 Å². The van der Waals surface area contributed by atoms with Crippen LogP contribution in [0.5, 0.6) is 0 Å². The Bertz CT molecular complexity index is 13.5. The average molecular weight is 127 g/mol. The molecule has 26 valence electrons. The average Bonchev–Trinajstić information content (AvgIpc) is 1.00. The zero-order valence-corrected chi connectivity index (χ0v) is 7.55. The summed E-state index contributed by atoms with van der Waals surface area (Å²) in [5.41, 5.74) is 0. The Morgan fingerprint density at radius 2 is 1.50 bits per heavy atom. The van der Waals surface area contributed by atoms with Gasteiger partial charge < -0.3 is 8.33 Å². The molecule has 0 aliphatic carbocycles. The predicted octanol–water partition coefficient (Wildman–Crippen LogP) is -1.47. The molecule has 0 aromatic carbocycles. The fourth-order valence-electron chi connectivity index (χ4n) is 0. The molecule has 0 saturated carbocycles. The molecule has 0 aromatic rings. The molecule has 4 heteroatoms. The molecule has 0 heterocycles. The van der Waals surface area contributed by atoms with E-state index in [1.165, 1.54) is 0 Å². The summed E-state index contributed by atoms with van der Waals surface area (Å²) in [6, 6.07) is 0. The molecule has 0 unspecified atom stereocenters. The summed E-state index contributed by atoms with van der Waals surface area (Å²) in [5, 5.41) is 0. The van der Waals surface area contributed by atoms with Crippen molar-refractivity contribution in [1.29, 1.82) is 0 Å². The third-order valence-electron chi connectivity index (χ3n) is 0. The second-order valence-electron chi connectivity index (χ2n) is 0. The fourth-order valence-corrected chi connectivity index (χ4v) is 0. The van der Waals surface area contributed by atoms with E-state index in [1.54, 1.807) is 0 Å². The van der Waals surface area contributed by atoms with Gasteiger partial charge >= 0.3 is 37.7 Å². The van der Waals surface area contributed by atoms with E-state index in [9.17, 15) is 0 Å². The Hall–Kier alpha value is 1.73. The summed E-state index contributed by atoms with van der Waals surface area (Å²) in [5.74, 6) is 0. The number of hydrogen-bond acceptors (Lipinski definition) is 0. The molecule has 4 heavy (non-hydrogen) atoms. The minimum atomic E-state index is 0. The molecule has 2 N–H and O–H groups in total. The summed E-state index contributed by atoms with van der Waals surface area (Å²) in [7, 11) is 0.778. The van der Waals surface area contributed by atoms with Crippen LogP contribution in [-0.4, -0.2) is 52.8 Å². The fraction of sp³-hybridized carbons (Fsp3) is 0. The first-order valence-electron chi connectivity index (χ1n) is 0.378. The smallest absolute Gasteiger partial charge is 1.00 e. The number of hydrogen-bond donors (Lipinski definition) is 0. The largest absolute Gasteiger partial charge is 2.00 e. The molecule has 0 radical (unpaired) electrons. The van der Waals surface area contributed by atoms with Crippen LogP contribution in [0.2, 0.25) is 0 Å². The van der Waals surface area contributed by atoms with Crippen molar-refractivity contribution in [2.75, 3.05) is 0 Å². The third-order valence-corrected chi connectivity index (χ3v) is 0. The SMILES string of the molecule is O.[Ca+2].[H-].[H-].[SiH3]Cl. The van der Waals surface area contributed by atoms with E-state index in [0.717, 1.165) is 9.55 Å². The van der Waals surface area contributed by atoms with Crippen molar-refractivity contribution in [2.45, 2.75) is 0 Å². The van der Waals surface area contributed by atoms with Gasteiger partial charge in [-0.2, -0.15) is 11.1 Å². The minimum absolute atomic E-state index is 0. The molecule has 0 fully saturated rings. The predicted molar refractivity (Wildman–Crippen MR) is 27.4 cm³/mol. The molecule has 0 atom stereocenters. The van der Waals surface area contributed by atoms with Gasteiger partial charge in [-0.15, -0.1) is 0 Å². The van der Waals surface area contributed by atoms with E-state index in [2.05, 4.69) is 0 Å². The van der Waals surface area contributed by atoms with Crippen molar-refractivity contribution in [1.82, 2.24) is 0 Å². The molecule has 0 aliphatic rings. The Morgan fingerprint density at radius 3 is 1.50 bits per heavy atom. The number of halogens is 1. The summed E-state index contributed by atoms with van der Waals surface area (Å²) in [6.45, 7) is 0. The Kier molecular flexibility index (Phi) is 94.7. The monoisotopic (exact) mass is 126 g/mol. The molecule has 1 nitrogen and oxygen atoms in total. The Balaban J connectivity index is -0.000000000833. The maximum atomic E-state index is 4.78. The molecule has 0 saturated heterocycles. The van der Waals surface area contributed by atoms with Gasteiger partial charge in [-0.1, -0.05) is 0 Å². The van der Waals surface area contributed by atoms with Crippen molar-refractivity contribution >= 4 is 58.4 Å². The van der Waals surface area contributed by atoms with Gasteiger partial charge in [0.25, 0.3) is 0 Å². The van der Waals surface area contributed by atoms with E-state index >= 15 is 0 Å². The van der Waals surface area contributed by atoms with Crippen LogP contribution >= 0.6 is 11.1 Å². The topological polar surface area (TPSA) is 31.5 Å². The van der Waals surface area contributed by atoms with Crippen LogP contribution in [0.15, 0.2) is 0 Å². The van der Waals surface area contributed by atoms with Gasteiger partial charge in [0.05, 0.1) is 0 Å². The maximum absolute atomic E-state index is 4.78. The molecular formula is H7CaClOSi. The molecule has 0 amide bonds. The van der Waals surface area contributed by atoms with Crippen LogP contribution in [0.4, 0.5) is 0 Å². The summed E-state index contributed by atoms with van der Waals surface area (Å²) in [6.07, 6.45) is 0. The standard InChI is InChI=1S/Ca.ClH3Si.H2O.2H/c;1-2;;;/h;2H3;1H2;;/q+2;;;2*-1. The Labute approximate surface area is 66.1 Å². The minimum Gasteiger partial charge on any atom is -1.00 e. The first-order valence-corrected chi connectivity index (χ1v) is 3.40. The van der Waals surface area contributed by atoms with Crippen LogP contribution in [0.25, 0.3) is 0 Å². The van der Waals surface area contributed by atoms with Gasteiger partial charge in [0.2, 0.25) is 0 Å². The van der Waals surface area contributed by atoms with Crippen LogP contribution in [0, 0.1) is 0 Å². The zero-order valence-electron chi connectivity index (χ0n) is 4.59. The van der Waals surface area contributed by atoms with Crippen molar-refractivity contribution in [3.63, 3.8) is 0 Å². The van der Waals surface area contributed by atoms with Gasteiger partial charge in [-0.3, -0.25) is 0 Å². The first kappa shape index (κ1) is 17.2. The van der Waals surface area contributed by atoms with Crippen molar-refractivity contribution in [3.05, 3.63) is 0 Å². The van der Waals surface area contributed by atoms with Crippen LogP contribution < -0.4 is 0 Å². The van der Waals surface area contributed by atoms with Crippen LogP contribution in [0.3, 0.4) is 0 Å². The molecular weight excluding hydrogens is 120 g/mol. The van der Waals surface area contributed by atoms with E-state index < -0.39 is 0 Å². The third kappa shape index (κ3) is 9.29. The summed E-state index contributed by atoms with van der Waals surface area (Å²) < 4.78 is 0. The molecule has 0 aromatic heterocycles. The normalized spacial score (nSPS) is 2.25. The molecule has 0 aliphatic heterocycles. The van der Waals surface area contributed by atoms with Crippen LogP contribution in [-0.2, 0) is 0 Å². The van der Waals surface area contributed by atoms with E-state index in [0.29, 0.717) is 0 Å². The first-order chi connectivity index (χ1) is 1.00. The quantitative estimate of drug-likeness (QED) is 0.280. The van der Waals surface area contributed by atoms with E-state index in [1.807, 2.05) is 0 Å². The van der Waals surface area contributed by atoms with Gasteiger partial charge in [0.1, 0.15) is 9.55 Å². The second-order valence-corrected chi connectivity index (χ2v) is 0. The van der Waals surface area contributed by atoms with Gasteiger partial charge in [0.15, 0.2) is 0 Å². The molecule has 0 rings (SSSR count). The Morgan fingerprint density at radius 1 is 1.50 bits per heavy atom. The van der Waals surface area contributed by atoms with Crippen LogP contribution in [0.1, 0.15) is 2.85 Å². The van der Waals surface area contributed by atoms with Gasteiger partial charge in [-0.25, -0.2) is 0 Å². The number of rotatable bonds is 0. The van der Waals surface area contributed by atoms with Crippen molar-refractivity contribution in [2.24, 2.45) is 0 Å².